The van der Waals surface area contributed by atoms with Gasteiger partial charge in [-0.3, -0.25) is 0 Å². The van der Waals surface area contributed by atoms with Crippen molar-refractivity contribution in [1.29, 1.82) is 0 Å². The Bertz CT molecular complexity index is 516. The van der Waals surface area contributed by atoms with Crippen LogP contribution in [-0.2, 0) is 10.0 Å². The average molecular weight is 348 g/mol. The maximum atomic E-state index is 12.2. The quantitative estimate of drug-likeness (QED) is 0.827. The second kappa shape index (κ2) is 6.35. The lowest BCUT2D eigenvalue weighted by Crippen LogP contribution is -3.14. The average Bonchev–Trinajstić information content (AvgIpc) is 2.84. The van der Waals surface area contributed by atoms with E-state index in [4.69, 9.17) is 0 Å². The van der Waals surface area contributed by atoms with Crippen molar-refractivity contribution in [3.63, 3.8) is 0 Å². The SMILES string of the molecule is CC[NH+]1CCC[C@@H]1CNS(=O)(=O)c1ccc(Br)cc1. The van der Waals surface area contributed by atoms with Gasteiger partial charge in [0.05, 0.1) is 24.5 Å². The molecule has 1 unspecified atom stereocenters. The molecule has 0 amide bonds. The standard InChI is InChI=1S/C13H19BrN2O2S/c1-2-16-9-3-4-12(16)10-15-19(17,18)13-7-5-11(14)6-8-13/h5-8,12,15H,2-4,9-10H2,1H3/p+1/t12-/m1/s1. The fourth-order valence-electron chi connectivity index (χ4n) is 2.60. The minimum Gasteiger partial charge on any atom is -0.332 e. The number of likely N-dealkylation sites (tertiary alicyclic amines) is 1. The topological polar surface area (TPSA) is 50.6 Å². The number of nitrogens with one attached hydrogen (secondary N) is 2. The second-order valence-corrected chi connectivity index (χ2v) is 7.59. The fourth-order valence-corrected chi connectivity index (χ4v) is 3.95. The molecule has 0 saturated carbocycles. The van der Waals surface area contributed by atoms with Crippen LogP contribution in [0.2, 0.25) is 0 Å². The van der Waals surface area contributed by atoms with Crippen LogP contribution in [0.4, 0.5) is 0 Å². The van der Waals surface area contributed by atoms with Gasteiger partial charge >= 0.3 is 0 Å². The number of halogens is 1. The van der Waals surface area contributed by atoms with Crippen LogP contribution in [0.5, 0.6) is 0 Å². The fraction of sp³-hybridized carbons (Fsp3) is 0.538. The number of quaternary nitrogens is 1. The molecule has 0 spiro atoms. The third-order valence-corrected chi connectivity index (χ3v) is 5.69. The molecule has 19 heavy (non-hydrogen) atoms. The van der Waals surface area contributed by atoms with Gasteiger partial charge in [0.2, 0.25) is 10.0 Å². The largest absolute Gasteiger partial charge is 0.332 e. The first kappa shape index (κ1) is 15.0. The van der Waals surface area contributed by atoms with Crippen LogP contribution in [0.3, 0.4) is 0 Å². The van der Waals surface area contributed by atoms with Gasteiger partial charge in [-0.1, -0.05) is 15.9 Å². The first-order valence-electron chi connectivity index (χ1n) is 6.62. The molecule has 0 aliphatic carbocycles. The van der Waals surface area contributed by atoms with E-state index >= 15 is 0 Å². The molecule has 2 N–H and O–H groups in total. The van der Waals surface area contributed by atoms with Crippen LogP contribution in [0.15, 0.2) is 33.6 Å². The molecule has 1 aliphatic heterocycles. The predicted molar refractivity (Wildman–Crippen MR) is 78.7 cm³/mol. The van der Waals surface area contributed by atoms with E-state index in [9.17, 15) is 8.42 Å². The molecule has 0 bridgehead atoms. The molecule has 1 aliphatic rings. The molecule has 1 fully saturated rings. The van der Waals surface area contributed by atoms with Crippen LogP contribution in [0, 0.1) is 0 Å². The van der Waals surface area contributed by atoms with Crippen molar-refractivity contribution in [3.05, 3.63) is 28.7 Å². The molecule has 1 heterocycles. The van der Waals surface area contributed by atoms with Crippen molar-refractivity contribution >= 4 is 26.0 Å². The van der Waals surface area contributed by atoms with E-state index in [1.807, 2.05) is 0 Å². The van der Waals surface area contributed by atoms with Gasteiger partial charge in [0.15, 0.2) is 0 Å². The Balaban J connectivity index is 2.00. The summed E-state index contributed by atoms with van der Waals surface area (Å²) in [5, 5.41) is 0. The van der Waals surface area contributed by atoms with Crippen LogP contribution >= 0.6 is 15.9 Å². The summed E-state index contributed by atoms with van der Waals surface area (Å²) in [7, 11) is -3.38. The number of hydrogen-bond acceptors (Lipinski definition) is 2. The van der Waals surface area contributed by atoms with Crippen LogP contribution in [0.25, 0.3) is 0 Å². The van der Waals surface area contributed by atoms with Gasteiger partial charge in [-0.05, 0) is 31.2 Å². The zero-order valence-corrected chi connectivity index (χ0v) is 13.4. The molecule has 1 aromatic rings. The van der Waals surface area contributed by atoms with Crippen LogP contribution < -0.4 is 9.62 Å². The third kappa shape index (κ3) is 3.78. The minimum atomic E-state index is -3.38. The highest BCUT2D eigenvalue weighted by Gasteiger charge is 2.28. The smallest absolute Gasteiger partial charge is 0.240 e. The van der Waals surface area contributed by atoms with Gasteiger partial charge in [0.25, 0.3) is 0 Å². The van der Waals surface area contributed by atoms with Crippen molar-refractivity contribution in [2.24, 2.45) is 0 Å². The summed E-state index contributed by atoms with van der Waals surface area (Å²) in [5.41, 5.74) is 0. The highest BCUT2D eigenvalue weighted by Crippen LogP contribution is 2.14. The van der Waals surface area contributed by atoms with Crippen molar-refractivity contribution in [2.45, 2.75) is 30.7 Å². The lowest BCUT2D eigenvalue weighted by atomic mass is 10.2. The van der Waals surface area contributed by atoms with E-state index in [2.05, 4.69) is 27.6 Å². The summed E-state index contributed by atoms with van der Waals surface area (Å²) >= 11 is 3.30. The molecule has 2 atom stereocenters. The minimum absolute atomic E-state index is 0.326. The van der Waals surface area contributed by atoms with E-state index in [-0.39, 0.29) is 0 Å². The number of benzene rings is 1. The Morgan fingerprint density at radius 1 is 1.37 bits per heavy atom. The Morgan fingerprint density at radius 3 is 2.68 bits per heavy atom. The lowest BCUT2D eigenvalue weighted by Gasteiger charge is -2.20. The maximum Gasteiger partial charge on any atom is 0.240 e. The van der Waals surface area contributed by atoms with Gasteiger partial charge in [0.1, 0.15) is 6.04 Å². The van der Waals surface area contributed by atoms with Crippen molar-refractivity contribution in [3.8, 4) is 0 Å². The van der Waals surface area contributed by atoms with Crippen molar-refractivity contribution < 1.29 is 13.3 Å². The van der Waals surface area contributed by atoms with Crippen molar-refractivity contribution in [2.75, 3.05) is 19.6 Å². The molecule has 0 radical (unpaired) electrons. The van der Waals surface area contributed by atoms with Crippen LogP contribution in [-0.4, -0.2) is 34.1 Å². The summed E-state index contributed by atoms with van der Waals surface area (Å²) in [5.74, 6) is 0. The van der Waals surface area contributed by atoms with Crippen LogP contribution in [0.1, 0.15) is 19.8 Å². The van der Waals surface area contributed by atoms with Gasteiger partial charge in [0, 0.05) is 17.3 Å². The molecular formula is C13H20BrN2O2S+. The number of likely N-dealkylation sites (N-methyl/N-ethyl adjacent to an activating group) is 1. The zero-order valence-electron chi connectivity index (χ0n) is 11.0. The molecule has 4 nitrogen and oxygen atoms in total. The van der Waals surface area contributed by atoms with E-state index < -0.39 is 10.0 Å². The predicted octanol–water partition coefficient (Wildman–Crippen LogP) is 0.795. The Labute approximate surface area is 123 Å². The first-order valence-corrected chi connectivity index (χ1v) is 8.90. The van der Waals surface area contributed by atoms with Crippen molar-refractivity contribution in [1.82, 2.24) is 4.72 Å². The Morgan fingerprint density at radius 2 is 2.05 bits per heavy atom. The summed E-state index contributed by atoms with van der Waals surface area (Å²) in [6.45, 7) is 4.89. The molecular weight excluding hydrogens is 328 g/mol. The van der Waals surface area contributed by atoms with Gasteiger partial charge < -0.3 is 4.90 Å². The highest BCUT2D eigenvalue weighted by atomic mass is 79.9. The van der Waals surface area contributed by atoms with Gasteiger partial charge in [-0.2, -0.15) is 0 Å². The van der Waals surface area contributed by atoms with E-state index in [0.717, 1.165) is 24.0 Å². The number of hydrogen-bond donors (Lipinski definition) is 2. The third-order valence-electron chi connectivity index (χ3n) is 3.73. The Hall–Kier alpha value is -0.430. The molecule has 2 rings (SSSR count). The van der Waals surface area contributed by atoms with E-state index in [0.29, 0.717) is 17.5 Å². The summed E-state index contributed by atoms with van der Waals surface area (Å²) in [6, 6.07) is 7.13. The summed E-state index contributed by atoms with van der Waals surface area (Å²) in [4.78, 5) is 1.82. The van der Waals surface area contributed by atoms with E-state index in [1.165, 1.54) is 11.3 Å². The van der Waals surface area contributed by atoms with Gasteiger partial charge in [-0.25, -0.2) is 13.1 Å². The monoisotopic (exact) mass is 347 g/mol. The molecule has 1 aromatic carbocycles. The number of sulfonamides is 1. The second-order valence-electron chi connectivity index (χ2n) is 4.91. The van der Waals surface area contributed by atoms with Gasteiger partial charge in [-0.15, -0.1) is 0 Å². The van der Waals surface area contributed by atoms with E-state index in [1.54, 1.807) is 24.3 Å². The molecule has 6 heteroatoms. The lowest BCUT2D eigenvalue weighted by molar-refractivity contribution is -0.909. The Kier molecular flexibility index (Phi) is 5.00. The molecule has 1 saturated heterocycles. The molecule has 0 aromatic heterocycles. The summed E-state index contributed by atoms with van der Waals surface area (Å²) in [6.07, 6.45) is 2.29. The summed E-state index contributed by atoms with van der Waals surface area (Å²) < 4.78 is 27.9. The molecule has 106 valence electrons. The number of rotatable bonds is 5. The highest BCUT2D eigenvalue weighted by molar-refractivity contribution is 9.10. The first-order chi connectivity index (χ1) is 9.03. The normalized spacial score (nSPS) is 23.7. The maximum absolute atomic E-state index is 12.2. The zero-order chi connectivity index (χ0) is 13.9.